The summed E-state index contributed by atoms with van der Waals surface area (Å²) in [5.74, 6) is -1.81. The summed E-state index contributed by atoms with van der Waals surface area (Å²) >= 11 is 0. The minimum absolute atomic E-state index is 0.100. The normalized spacial score (nSPS) is 23.3. The van der Waals surface area contributed by atoms with Gasteiger partial charge < -0.3 is 5.11 Å². The molecule has 1 aromatic rings. The molecule has 1 saturated heterocycles. The van der Waals surface area contributed by atoms with E-state index < -0.39 is 32.1 Å². The van der Waals surface area contributed by atoms with Crippen molar-refractivity contribution in [2.75, 3.05) is 13.1 Å². The number of carboxylic acids is 1. The second-order valence-electron chi connectivity index (χ2n) is 5.35. The molecule has 1 aliphatic rings. The summed E-state index contributed by atoms with van der Waals surface area (Å²) in [5.41, 5.74) is -1.06. The minimum atomic E-state index is -4.00. The Morgan fingerprint density at radius 3 is 2.67 bits per heavy atom. The molecule has 1 unspecified atom stereocenters. The van der Waals surface area contributed by atoms with E-state index in [2.05, 4.69) is 0 Å². The van der Waals surface area contributed by atoms with Gasteiger partial charge in [0.1, 0.15) is 10.7 Å². The summed E-state index contributed by atoms with van der Waals surface area (Å²) < 4.78 is 39.7. The van der Waals surface area contributed by atoms with Crippen LogP contribution in [-0.2, 0) is 14.8 Å². The lowest BCUT2D eigenvalue weighted by Gasteiger charge is -2.24. The third-order valence-electron chi connectivity index (χ3n) is 3.96. The number of halogens is 1. The molecule has 0 spiro atoms. The van der Waals surface area contributed by atoms with Crippen molar-refractivity contribution in [1.29, 1.82) is 0 Å². The molecule has 0 aromatic heterocycles. The van der Waals surface area contributed by atoms with Gasteiger partial charge in [-0.05, 0) is 25.0 Å². The Bertz CT molecular complexity index is 646. The van der Waals surface area contributed by atoms with Crippen LogP contribution in [0.3, 0.4) is 0 Å². The fourth-order valence-electron chi connectivity index (χ4n) is 2.80. The summed E-state index contributed by atoms with van der Waals surface area (Å²) in [6, 6.07) is 5.14. The molecule has 1 aromatic carbocycles. The Morgan fingerprint density at radius 1 is 1.43 bits per heavy atom. The second kappa shape index (κ2) is 5.73. The molecule has 1 N–H and O–H groups in total. The molecule has 0 amide bonds. The van der Waals surface area contributed by atoms with Gasteiger partial charge in [-0.3, -0.25) is 4.79 Å². The highest BCUT2D eigenvalue weighted by Gasteiger charge is 2.48. The van der Waals surface area contributed by atoms with Crippen LogP contribution in [0, 0.1) is 11.2 Å². The van der Waals surface area contributed by atoms with Crippen LogP contribution in [0.1, 0.15) is 26.2 Å². The van der Waals surface area contributed by atoms with Crippen molar-refractivity contribution in [2.45, 2.75) is 31.1 Å². The van der Waals surface area contributed by atoms with E-state index in [9.17, 15) is 22.7 Å². The van der Waals surface area contributed by atoms with Crippen molar-refractivity contribution in [3.05, 3.63) is 30.1 Å². The van der Waals surface area contributed by atoms with Crippen LogP contribution in [0.2, 0.25) is 0 Å². The van der Waals surface area contributed by atoms with Crippen molar-refractivity contribution in [3.63, 3.8) is 0 Å². The van der Waals surface area contributed by atoms with Crippen molar-refractivity contribution in [3.8, 4) is 0 Å². The molecule has 7 heteroatoms. The lowest BCUT2D eigenvalue weighted by Crippen LogP contribution is -2.37. The van der Waals surface area contributed by atoms with Crippen LogP contribution in [0.4, 0.5) is 4.39 Å². The summed E-state index contributed by atoms with van der Waals surface area (Å²) in [6.45, 7) is 1.86. The van der Waals surface area contributed by atoms with Crippen molar-refractivity contribution in [1.82, 2.24) is 4.31 Å². The monoisotopic (exact) mass is 315 g/mol. The van der Waals surface area contributed by atoms with Gasteiger partial charge >= 0.3 is 5.97 Å². The molecule has 2 rings (SSSR count). The van der Waals surface area contributed by atoms with E-state index in [1.807, 2.05) is 6.92 Å². The average Bonchev–Trinajstić information content (AvgIpc) is 2.86. The van der Waals surface area contributed by atoms with Gasteiger partial charge in [-0.25, -0.2) is 12.8 Å². The zero-order valence-electron chi connectivity index (χ0n) is 11.8. The Hall–Kier alpha value is -1.47. The van der Waals surface area contributed by atoms with Crippen molar-refractivity contribution >= 4 is 16.0 Å². The number of sulfonamides is 1. The Morgan fingerprint density at radius 2 is 2.10 bits per heavy atom. The molecule has 0 bridgehead atoms. The standard InChI is InChI=1S/C14H18FNO4S/c1-2-7-14(13(17)18)8-9-16(10-14)21(19,20)12-6-4-3-5-11(12)15/h3-6H,2,7-10H2,1H3,(H,17,18). The zero-order chi connectivity index (χ0) is 15.7. The number of nitrogens with zero attached hydrogens (tertiary/aromatic N) is 1. The number of hydrogen-bond acceptors (Lipinski definition) is 3. The van der Waals surface area contributed by atoms with Crippen LogP contribution in [0.5, 0.6) is 0 Å². The quantitative estimate of drug-likeness (QED) is 0.903. The molecular weight excluding hydrogens is 297 g/mol. The van der Waals surface area contributed by atoms with Gasteiger partial charge in [0.15, 0.2) is 0 Å². The molecule has 21 heavy (non-hydrogen) atoms. The maximum atomic E-state index is 13.7. The Balaban J connectivity index is 2.32. The first-order chi connectivity index (χ1) is 9.83. The Labute approximate surface area is 123 Å². The van der Waals surface area contributed by atoms with Crippen LogP contribution in [0.15, 0.2) is 29.2 Å². The molecule has 116 valence electrons. The first kappa shape index (κ1) is 15.9. The smallest absolute Gasteiger partial charge is 0.311 e. The van der Waals surface area contributed by atoms with Gasteiger partial charge in [0.25, 0.3) is 0 Å². The van der Waals surface area contributed by atoms with Gasteiger partial charge in [-0.1, -0.05) is 25.5 Å². The summed E-state index contributed by atoms with van der Waals surface area (Å²) in [6.07, 6.45) is 1.31. The van der Waals surface area contributed by atoms with E-state index in [0.29, 0.717) is 12.8 Å². The van der Waals surface area contributed by atoms with Gasteiger partial charge in [0.05, 0.1) is 5.41 Å². The fourth-order valence-corrected chi connectivity index (χ4v) is 4.39. The third-order valence-corrected chi connectivity index (χ3v) is 5.83. The fraction of sp³-hybridized carbons (Fsp3) is 0.500. The van der Waals surface area contributed by atoms with Crippen LogP contribution in [0.25, 0.3) is 0 Å². The van der Waals surface area contributed by atoms with Gasteiger partial charge in [0, 0.05) is 13.1 Å². The van der Waals surface area contributed by atoms with E-state index in [0.717, 1.165) is 10.4 Å². The minimum Gasteiger partial charge on any atom is -0.481 e. The van der Waals surface area contributed by atoms with Gasteiger partial charge in [-0.2, -0.15) is 4.31 Å². The average molecular weight is 315 g/mol. The lowest BCUT2D eigenvalue weighted by atomic mass is 9.83. The van der Waals surface area contributed by atoms with Crippen molar-refractivity contribution in [2.24, 2.45) is 5.41 Å². The molecule has 5 nitrogen and oxygen atoms in total. The topological polar surface area (TPSA) is 74.7 Å². The summed E-state index contributed by atoms with van der Waals surface area (Å²) in [5, 5.41) is 9.41. The van der Waals surface area contributed by atoms with Gasteiger partial charge in [-0.15, -0.1) is 0 Å². The number of benzene rings is 1. The number of hydrogen-bond donors (Lipinski definition) is 1. The molecule has 0 radical (unpaired) electrons. The maximum Gasteiger partial charge on any atom is 0.311 e. The molecule has 1 fully saturated rings. The van der Waals surface area contributed by atoms with E-state index in [4.69, 9.17) is 0 Å². The van der Waals surface area contributed by atoms with E-state index in [1.165, 1.54) is 18.2 Å². The number of aliphatic carboxylic acids is 1. The predicted molar refractivity (Wildman–Crippen MR) is 74.8 cm³/mol. The molecule has 0 aliphatic carbocycles. The second-order valence-corrected chi connectivity index (χ2v) is 7.26. The van der Waals surface area contributed by atoms with Crippen LogP contribution in [-0.4, -0.2) is 36.9 Å². The first-order valence-electron chi connectivity index (χ1n) is 6.81. The molecule has 1 atom stereocenters. The molecule has 1 aliphatic heterocycles. The van der Waals surface area contributed by atoms with Gasteiger partial charge in [0.2, 0.25) is 10.0 Å². The highest BCUT2D eigenvalue weighted by molar-refractivity contribution is 7.89. The molecule has 1 heterocycles. The van der Waals surface area contributed by atoms with Crippen molar-refractivity contribution < 1.29 is 22.7 Å². The highest BCUT2D eigenvalue weighted by Crippen LogP contribution is 2.38. The number of carbonyl (C=O) groups is 1. The van der Waals surface area contributed by atoms with Crippen LogP contribution >= 0.6 is 0 Å². The molecule has 0 saturated carbocycles. The number of rotatable bonds is 5. The zero-order valence-corrected chi connectivity index (χ0v) is 12.6. The highest BCUT2D eigenvalue weighted by atomic mass is 32.2. The lowest BCUT2D eigenvalue weighted by molar-refractivity contribution is -0.148. The first-order valence-corrected chi connectivity index (χ1v) is 8.25. The van der Waals surface area contributed by atoms with E-state index in [-0.39, 0.29) is 19.5 Å². The summed E-state index contributed by atoms with van der Waals surface area (Å²) in [7, 11) is -4.00. The maximum absolute atomic E-state index is 13.7. The largest absolute Gasteiger partial charge is 0.481 e. The van der Waals surface area contributed by atoms with E-state index in [1.54, 1.807) is 0 Å². The summed E-state index contributed by atoms with van der Waals surface area (Å²) in [4.78, 5) is 11.1. The number of carboxylic acid groups (broad SMARTS) is 1. The SMILES string of the molecule is CCCC1(C(=O)O)CCN(S(=O)(=O)c2ccccc2F)C1. The van der Waals surface area contributed by atoms with E-state index >= 15 is 0 Å². The molecular formula is C14H18FNO4S. The predicted octanol–water partition coefficient (Wildman–Crippen LogP) is 2.09. The third kappa shape index (κ3) is 2.80. The Kier molecular flexibility index (Phi) is 4.34. The van der Waals surface area contributed by atoms with Crippen LogP contribution < -0.4 is 0 Å².